The average molecular weight is 242 g/mol. The number of ether oxygens (including phenoxy) is 1. The van der Waals surface area contributed by atoms with Gasteiger partial charge in [0, 0.05) is 31.3 Å². The van der Waals surface area contributed by atoms with Crippen LogP contribution in [0.3, 0.4) is 0 Å². The summed E-state index contributed by atoms with van der Waals surface area (Å²) < 4.78 is 5.33. The third-order valence-electron chi connectivity index (χ3n) is 3.75. The van der Waals surface area contributed by atoms with Crippen LogP contribution in [-0.2, 0) is 4.74 Å². The molecule has 2 aliphatic rings. The smallest absolute Gasteiger partial charge is 0.404 e. The monoisotopic (exact) mass is 242 g/mol. The maximum Gasteiger partial charge on any atom is 0.404 e. The molecule has 0 spiro atoms. The summed E-state index contributed by atoms with van der Waals surface area (Å²) in [4.78, 5) is 10.5. The lowest BCUT2D eigenvalue weighted by molar-refractivity contribution is 0.0726. The van der Waals surface area contributed by atoms with Gasteiger partial charge in [0.15, 0.2) is 0 Å². The molecule has 0 unspecified atom stereocenters. The predicted molar refractivity (Wildman–Crippen MR) is 64.2 cm³/mol. The summed E-state index contributed by atoms with van der Waals surface area (Å²) in [5.74, 6) is 0. The van der Waals surface area contributed by atoms with Crippen LogP contribution in [-0.4, -0.2) is 42.5 Å². The number of hydrogen-bond acceptors (Lipinski definition) is 3. The molecule has 1 amide bonds. The van der Waals surface area contributed by atoms with Crippen molar-refractivity contribution in [3.8, 4) is 0 Å². The number of amides is 1. The van der Waals surface area contributed by atoms with Gasteiger partial charge in [-0.05, 0) is 38.5 Å². The molecule has 0 aromatic heterocycles. The Labute approximate surface area is 102 Å². The van der Waals surface area contributed by atoms with Crippen LogP contribution in [0, 0.1) is 0 Å². The van der Waals surface area contributed by atoms with E-state index in [2.05, 4.69) is 10.6 Å². The highest BCUT2D eigenvalue weighted by molar-refractivity contribution is 5.64. The molecular formula is C12H22N2O3. The summed E-state index contributed by atoms with van der Waals surface area (Å²) in [6, 6.07) is 1.31. The fraction of sp³-hybridized carbons (Fsp3) is 0.917. The van der Waals surface area contributed by atoms with Crippen LogP contribution in [0.25, 0.3) is 0 Å². The molecule has 0 atom stereocenters. The lowest BCUT2D eigenvalue weighted by atomic mass is 9.90. The highest BCUT2D eigenvalue weighted by Crippen LogP contribution is 2.20. The van der Waals surface area contributed by atoms with Gasteiger partial charge < -0.3 is 20.5 Å². The van der Waals surface area contributed by atoms with Gasteiger partial charge in [-0.15, -0.1) is 0 Å². The second-order valence-corrected chi connectivity index (χ2v) is 5.05. The van der Waals surface area contributed by atoms with Crippen LogP contribution < -0.4 is 10.6 Å². The van der Waals surface area contributed by atoms with Gasteiger partial charge >= 0.3 is 6.09 Å². The molecule has 5 heteroatoms. The van der Waals surface area contributed by atoms with Gasteiger partial charge in [-0.2, -0.15) is 0 Å². The summed E-state index contributed by atoms with van der Waals surface area (Å²) in [6.07, 6.45) is 5.36. The van der Waals surface area contributed by atoms with E-state index < -0.39 is 6.09 Å². The first-order chi connectivity index (χ1) is 8.24. The molecular weight excluding hydrogens is 220 g/mol. The van der Waals surface area contributed by atoms with E-state index in [-0.39, 0.29) is 6.04 Å². The average Bonchev–Trinajstić information content (AvgIpc) is 2.32. The minimum Gasteiger partial charge on any atom is -0.465 e. The number of hydrogen-bond donors (Lipinski definition) is 3. The number of rotatable bonds is 3. The summed E-state index contributed by atoms with van der Waals surface area (Å²) in [6.45, 7) is 1.74. The van der Waals surface area contributed by atoms with Gasteiger partial charge in [-0.25, -0.2) is 4.79 Å². The fourth-order valence-electron chi connectivity index (χ4n) is 2.78. The summed E-state index contributed by atoms with van der Waals surface area (Å²) in [7, 11) is 0. The minimum absolute atomic E-state index is 0.153. The molecule has 0 radical (unpaired) electrons. The molecule has 1 heterocycles. The van der Waals surface area contributed by atoms with Crippen molar-refractivity contribution in [2.24, 2.45) is 0 Å². The van der Waals surface area contributed by atoms with Crippen molar-refractivity contribution < 1.29 is 14.6 Å². The molecule has 0 bridgehead atoms. The van der Waals surface area contributed by atoms with E-state index in [4.69, 9.17) is 9.84 Å². The van der Waals surface area contributed by atoms with Gasteiger partial charge in [0.05, 0.1) is 0 Å². The lowest BCUT2D eigenvalue weighted by Crippen LogP contribution is -2.46. The third-order valence-corrected chi connectivity index (χ3v) is 3.75. The maximum absolute atomic E-state index is 10.5. The molecule has 17 heavy (non-hydrogen) atoms. The summed E-state index contributed by atoms with van der Waals surface area (Å²) >= 11 is 0. The van der Waals surface area contributed by atoms with Gasteiger partial charge in [0.1, 0.15) is 0 Å². The highest BCUT2D eigenvalue weighted by atomic mass is 16.5. The van der Waals surface area contributed by atoms with E-state index in [9.17, 15) is 4.79 Å². The second kappa shape index (κ2) is 6.21. The Hall–Kier alpha value is -0.810. The number of carboxylic acid groups (broad SMARTS) is 1. The highest BCUT2D eigenvalue weighted by Gasteiger charge is 2.24. The van der Waals surface area contributed by atoms with Crippen molar-refractivity contribution in [3.05, 3.63) is 0 Å². The Morgan fingerprint density at radius 3 is 2.06 bits per heavy atom. The first-order valence-electron chi connectivity index (χ1n) is 6.57. The molecule has 1 saturated heterocycles. The second-order valence-electron chi connectivity index (χ2n) is 5.05. The van der Waals surface area contributed by atoms with E-state index in [0.717, 1.165) is 51.7 Å². The van der Waals surface area contributed by atoms with Crippen LogP contribution in [0.15, 0.2) is 0 Å². The molecule has 2 rings (SSSR count). The molecule has 2 fully saturated rings. The zero-order chi connectivity index (χ0) is 12.1. The minimum atomic E-state index is -0.897. The first-order valence-corrected chi connectivity index (χ1v) is 6.57. The van der Waals surface area contributed by atoms with Crippen LogP contribution >= 0.6 is 0 Å². The van der Waals surface area contributed by atoms with Crippen molar-refractivity contribution in [2.75, 3.05) is 13.2 Å². The van der Waals surface area contributed by atoms with Crippen LogP contribution in [0.5, 0.6) is 0 Å². The predicted octanol–water partition coefficient (Wildman–Crippen LogP) is 1.33. The van der Waals surface area contributed by atoms with E-state index in [1.165, 1.54) is 0 Å². The van der Waals surface area contributed by atoms with E-state index in [0.29, 0.717) is 12.1 Å². The summed E-state index contributed by atoms with van der Waals surface area (Å²) in [5, 5.41) is 14.9. The summed E-state index contributed by atoms with van der Waals surface area (Å²) in [5.41, 5.74) is 0. The van der Waals surface area contributed by atoms with Gasteiger partial charge in [-0.3, -0.25) is 0 Å². The van der Waals surface area contributed by atoms with Crippen molar-refractivity contribution in [1.82, 2.24) is 10.6 Å². The standard InChI is InChI=1S/C12H22N2O3/c15-12(16)14-10-3-1-9(2-4-10)13-11-5-7-17-8-6-11/h9-11,13-14H,1-8H2,(H,15,16)/t9-,10-. The molecule has 1 aliphatic heterocycles. The Morgan fingerprint density at radius 2 is 1.47 bits per heavy atom. The molecule has 0 aromatic carbocycles. The van der Waals surface area contributed by atoms with E-state index >= 15 is 0 Å². The lowest BCUT2D eigenvalue weighted by Gasteiger charge is -2.33. The van der Waals surface area contributed by atoms with Crippen molar-refractivity contribution >= 4 is 6.09 Å². The molecule has 3 N–H and O–H groups in total. The normalized spacial score (nSPS) is 31.1. The van der Waals surface area contributed by atoms with Crippen molar-refractivity contribution in [3.63, 3.8) is 0 Å². The van der Waals surface area contributed by atoms with Crippen LogP contribution in [0.2, 0.25) is 0 Å². The topological polar surface area (TPSA) is 70.6 Å². The van der Waals surface area contributed by atoms with Gasteiger partial charge in [0.2, 0.25) is 0 Å². The molecule has 1 saturated carbocycles. The Bertz CT molecular complexity index is 246. The largest absolute Gasteiger partial charge is 0.465 e. The van der Waals surface area contributed by atoms with Gasteiger partial charge in [0.25, 0.3) is 0 Å². The van der Waals surface area contributed by atoms with E-state index in [1.54, 1.807) is 0 Å². The van der Waals surface area contributed by atoms with Crippen molar-refractivity contribution in [1.29, 1.82) is 0 Å². The van der Waals surface area contributed by atoms with Crippen molar-refractivity contribution in [2.45, 2.75) is 56.7 Å². The Kier molecular flexibility index (Phi) is 4.62. The Morgan fingerprint density at radius 1 is 0.941 bits per heavy atom. The number of nitrogens with one attached hydrogen (secondary N) is 2. The Balaban J connectivity index is 1.66. The molecule has 98 valence electrons. The zero-order valence-corrected chi connectivity index (χ0v) is 10.2. The first kappa shape index (κ1) is 12.6. The third kappa shape index (κ3) is 4.16. The SMILES string of the molecule is O=C(O)N[C@H]1CC[C@H](NC2CCOCC2)CC1. The molecule has 1 aliphatic carbocycles. The molecule has 5 nitrogen and oxygen atoms in total. The maximum atomic E-state index is 10.5. The quantitative estimate of drug-likeness (QED) is 0.698. The molecule has 0 aromatic rings. The number of carbonyl (C=O) groups is 1. The zero-order valence-electron chi connectivity index (χ0n) is 10.2. The van der Waals surface area contributed by atoms with E-state index in [1.807, 2.05) is 0 Å². The van der Waals surface area contributed by atoms with Crippen LogP contribution in [0.4, 0.5) is 4.79 Å². The van der Waals surface area contributed by atoms with Gasteiger partial charge in [-0.1, -0.05) is 0 Å². The van der Waals surface area contributed by atoms with Crippen LogP contribution in [0.1, 0.15) is 38.5 Å². The fourth-order valence-corrected chi connectivity index (χ4v) is 2.78.